The van der Waals surface area contributed by atoms with Gasteiger partial charge in [-0.05, 0) is 41.5 Å². The van der Waals surface area contributed by atoms with Crippen LogP contribution in [0.5, 0.6) is 0 Å². The summed E-state index contributed by atoms with van der Waals surface area (Å²) in [6, 6.07) is 30.8. The number of hydrogen-bond acceptors (Lipinski definition) is 0. The highest BCUT2D eigenvalue weighted by atomic mass is 14.3. The Morgan fingerprint density at radius 1 is 0.667 bits per heavy atom. The molecule has 0 nitrogen and oxygen atoms in total. The van der Waals surface area contributed by atoms with Gasteiger partial charge < -0.3 is 0 Å². The third-order valence-corrected chi connectivity index (χ3v) is 5.09. The maximum Gasteiger partial charge on any atom is 0.00959 e. The number of allylic oxidation sites excluding steroid dienone is 2. The van der Waals surface area contributed by atoms with Gasteiger partial charge in [-0.2, -0.15) is 0 Å². The molecule has 0 fully saturated rings. The molecule has 0 saturated heterocycles. The molecule has 3 aromatic carbocycles. The zero-order valence-corrected chi connectivity index (χ0v) is 14.0. The zero-order valence-electron chi connectivity index (χ0n) is 14.0. The minimum absolute atomic E-state index is 0.449. The fraction of sp³-hybridized carbons (Fsp3) is 0.167. The lowest BCUT2D eigenvalue weighted by atomic mass is 9.83. The van der Waals surface area contributed by atoms with E-state index < -0.39 is 0 Å². The van der Waals surface area contributed by atoms with E-state index in [-0.39, 0.29) is 0 Å². The molecule has 1 aliphatic rings. The Balaban J connectivity index is 1.74. The molecule has 0 amide bonds. The first kappa shape index (κ1) is 15.0. The van der Waals surface area contributed by atoms with Crippen LogP contribution in [0.15, 0.2) is 91.0 Å². The zero-order chi connectivity index (χ0) is 16.4. The van der Waals surface area contributed by atoms with Gasteiger partial charge in [-0.1, -0.05) is 96.6 Å². The van der Waals surface area contributed by atoms with Crippen LogP contribution in [0.1, 0.15) is 40.5 Å². The minimum atomic E-state index is 0.449. The highest BCUT2D eigenvalue weighted by molar-refractivity contribution is 5.71. The van der Waals surface area contributed by atoms with E-state index in [0.29, 0.717) is 11.8 Å². The van der Waals surface area contributed by atoms with Gasteiger partial charge in [0.15, 0.2) is 0 Å². The lowest BCUT2D eigenvalue weighted by Crippen LogP contribution is -2.04. The molecule has 0 bridgehead atoms. The molecule has 2 atom stereocenters. The van der Waals surface area contributed by atoms with E-state index in [1.807, 2.05) is 0 Å². The first-order valence-electron chi connectivity index (χ1n) is 8.69. The van der Waals surface area contributed by atoms with Crippen molar-refractivity contribution in [3.8, 4) is 0 Å². The van der Waals surface area contributed by atoms with Crippen LogP contribution < -0.4 is 0 Å². The van der Waals surface area contributed by atoms with Gasteiger partial charge in [-0.25, -0.2) is 0 Å². The maximum atomic E-state index is 2.48. The molecule has 118 valence electrons. The molecule has 0 heterocycles. The Morgan fingerprint density at radius 3 is 1.88 bits per heavy atom. The third-order valence-electron chi connectivity index (χ3n) is 5.09. The van der Waals surface area contributed by atoms with Crippen molar-refractivity contribution in [1.29, 1.82) is 0 Å². The molecular formula is C24H22. The topological polar surface area (TPSA) is 0 Å². The number of rotatable bonds is 3. The summed E-state index contributed by atoms with van der Waals surface area (Å²) in [6.45, 7) is 2.15. The molecule has 0 unspecified atom stereocenters. The molecule has 4 rings (SSSR count). The lowest BCUT2D eigenvalue weighted by molar-refractivity contribution is 0.668. The largest absolute Gasteiger partial charge is 0.0725 e. The average molecular weight is 310 g/mol. The van der Waals surface area contributed by atoms with Crippen molar-refractivity contribution in [2.75, 3.05) is 0 Å². The van der Waals surface area contributed by atoms with E-state index in [0.717, 1.165) is 6.42 Å². The van der Waals surface area contributed by atoms with Gasteiger partial charge in [-0.3, -0.25) is 0 Å². The van der Waals surface area contributed by atoms with Gasteiger partial charge in [0.05, 0.1) is 0 Å². The van der Waals surface area contributed by atoms with Crippen molar-refractivity contribution >= 4 is 5.57 Å². The quantitative estimate of drug-likeness (QED) is 0.529. The molecule has 3 aromatic rings. The molecule has 1 aliphatic carbocycles. The second-order valence-corrected chi connectivity index (χ2v) is 6.72. The van der Waals surface area contributed by atoms with Gasteiger partial charge >= 0.3 is 0 Å². The summed E-state index contributed by atoms with van der Waals surface area (Å²) in [7, 11) is 0. The Labute approximate surface area is 144 Å². The monoisotopic (exact) mass is 310 g/mol. The van der Waals surface area contributed by atoms with Crippen molar-refractivity contribution in [1.82, 2.24) is 0 Å². The van der Waals surface area contributed by atoms with Crippen molar-refractivity contribution < 1.29 is 0 Å². The van der Waals surface area contributed by atoms with Crippen LogP contribution >= 0.6 is 0 Å². The normalized spacial score (nSPS) is 20.0. The standard InChI is InChI=1S/C24H22/c1-18-12-14-19(15-13-18)22-16-23(20-8-4-2-5-9-20)24(17-22)21-10-6-3-7-11-21/h2-16,23-24H,17H2,1H3/t23-,24-/m0/s1. The van der Waals surface area contributed by atoms with Crippen molar-refractivity contribution in [3.63, 3.8) is 0 Å². The number of aryl methyl sites for hydroxylation is 1. The first-order valence-corrected chi connectivity index (χ1v) is 8.69. The SMILES string of the molecule is Cc1ccc(C2=C[C@@H](c3ccccc3)[C@H](c3ccccc3)C2)cc1. The second-order valence-electron chi connectivity index (χ2n) is 6.72. The Bertz CT molecular complexity index is 826. The van der Waals surface area contributed by atoms with E-state index >= 15 is 0 Å². The van der Waals surface area contributed by atoms with Crippen LogP contribution in [-0.4, -0.2) is 0 Å². The van der Waals surface area contributed by atoms with E-state index in [9.17, 15) is 0 Å². The van der Waals surface area contributed by atoms with Crippen molar-refractivity contribution in [3.05, 3.63) is 113 Å². The number of hydrogen-bond donors (Lipinski definition) is 0. The van der Waals surface area contributed by atoms with Gasteiger partial charge in [0, 0.05) is 5.92 Å². The van der Waals surface area contributed by atoms with Crippen molar-refractivity contribution in [2.45, 2.75) is 25.2 Å². The molecule has 0 heteroatoms. The van der Waals surface area contributed by atoms with Crippen LogP contribution in [0, 0.1) is 6.92 Å². The summed E-state index contributed by atoms with van der Waals surface area (Å²) in [5.41, 5.74) is 6.99. The van der Waals surface area contributed by atoms with Crippen molar-refractivity contribution in [2.24, 2.45) is 0 Å². The summed E-state index contributed by atoms with van der Waals surface area (Å²) >= 11 is 0. The van der Waals surface area contributed by atoms with E-state index in [1.165, 1.54) is 27.8 Å². The summed E-state index contributed by atoms with van der Waals surface area (Å²) in [6.07, 6.45) is 3.59. The second kappa shape index (κ2) is 6.49. The summed E-state index contributed by atoms with van der Waals surface area (Å²) in [5.74, 6) is 0.967. The Morgan fingerprint density at radius 2 is 1.25 bits per heavy atom. The van der Waals surface area contributed by atoms with Crippen LogP contribution in [0.3, 0.4) is 0 Å². The van der Waals surface area contributed by atoms with Gasteiger partial charge in [0.25, 0.3) is 0 Å². The Hall–Kier alpha value is -2.60. The van der Waals surface area contributed by atoms with Crippen LogP contribution in [0.2, 0.25) is 0 Å². The Kier molecular flexibility index (Phi) is 4.04. The predicted molar refractivity (Wildman–Crippen MR) is 102 cm³/mol. The first-order chi connectivity index (χ1) is 11.8. The van der Waals surface area contributed by atoms with Crippen LogP contribution in [0.25, 0.3) is 5.57 Å². The van der Waals surface area contributed by atoms with Gasteiger partial charge in [-0.15, -0.1) is 0 Å². The molecule has 0 saturated carbocycles. The molecular weight excluding hydrogens is 288 g/mol. The van der Waals surface area contributed by atoms with E-state index in [2.05, 4.69) is 97.9 Å². The summed E-state index contributed by atoms with van der Waals surface area (Å²) in [4.78, 5) is 0. The fourth-order valence-corrected chi connectivity index (χ4v) is 3.78. The van der Waals surface area contributed by atoms with Crippen LogP contribution in [0.4, 0.5) is 0 Å². The maximum absolute atomic E-state index is 2.48. The fourth-order valence-electron chi connectivity index (χ4n) is 3.78. The van der Waals surface area contributed by atoms with Gasteiger partial charge in [0.2, 0.25) is 0 Å². The highest BCUT2D eigenvalue weighted by Gasteiger charge is 2.30. The highest BCUT2D eigenvalue weighted by Crippen LogP contribution is 2.47. The summed E-state index contributed by atoms with van der Waals surface area (Å²) < 4.78 is 0. The smallest absolute Gasteiger partial charge is 0.00959 e. The lowest BCUT2D eigenvalue weighted by Gasteiger charge is -2.20. The predicted octanol–water partition coefficient (Wildman–Crippen LogP) is 6.35. The molecule has 0 aliphatic heterocycles. The van der Waals surface area contributed by atoms with E-state index in [1.54, 1.807) is 0 Å². The van der Waals surface area contributed by atoms with Gasteiger partial charge in [0.1, 0.15) is 0 Å². The minimum Gasteiger partial charge on any atom is -0.0725 e. The summed E-state index contributed by atoms with van der Waals surface area (Å²) in [5, 5.41) is 0. The molecule has 24 heavy (non-hydrogen) atoms. The molecule has 0 spiro atoms. The molecule has 0 aromatic heterocycles. The average Bonchev–Trinajstić information content (AvgIpc) is 3.09. The van der Waals surface area contributed by atoms with E-state index in [4.69, 9.17) is 0 Å². The molecule has 0 radical (unpaired) electrons. The van der Waals surface area contributed by atoms with Crippen LogP contribution in [-0.2, 0) is 0 Å². The third kappa shape index (κ3) is 2.92. The molecule has 0 N–H and O–H groups in total. The number of benzene rings is 3.